The highest BCUT2D eigenvalue weighted by Crippen LogP contribution is 2.20. The first-order valence-electron chi connectivity index (χ1n) is 6.82. The number of aromatic nitrogens is 2. The van der Waals surface area contributed by atoms with Crippen molar-refractivity contribution in [2.45, 2.75) is 0 Å². The molecule has 2 aromatic heterocycles. The number of nitrogens with zero attached hydrogens (tertiary/aromatic N) is 2. The number of hydrogen-bond donors (Lipinski definition) is 2. The van der Waals surface area contributed by atoms with Gasteiger partial charge in [-0.05, 0) is 18.2 Å². The fourth-order valence-electron chi connectivity index (χ4n) is 2.24. The summed E-state index contributed by atoms with van der Waals surface area (Å²) in [5.74, 6) is 0.376. The summed E-state index contributed by atoms with van der Waals surface area (Å²) in [6.07, 6.45) is 3.03. The molecule has 3 aromatic rings. The van der Waals surface area contributed by atoms with E-state index in [4.69, 9.17) is 11.6 Å². The zero-order chi connectivity index (χ0) is 16.4. The molecule has 6 nitrogen and oxygen atoms in total. The van der Waals surface area contributed by atoms with Crippen molar-refractivity contribution in [3.63, 3.8) is 0 Å². The van der Waals surface area contributed by atoms with E-state index in [9.17, 15) is 9.59 Å². The number of halogens is 1. The first-order valence-corrected chi connectivity index (χ1v) is 7.20. The molecule has 0 unspecified atom stereocenters. The third-order valence-electron chi connectivity index (χ3n) is 3.31. The first kappa shape index (κ1) is 15.1. The predicted molar refractivity (Wildman–Crippen MR) is 91.1 cm³/mol. The molecule has 0 fully saturated rings. The molecule has 116 valence electrons. The van der Waals surface area contributed by atoms with Gasteiger partial charge >= 0.3 is 6.03 Å². The lowest BCUT2D eigenvalue weighted by molar-refractivity contribution is 0.262. The number of urea groups is 1. The molecule has 0 saturated heterocycles. The van der Waals surface area contributed by atoms with Crippen molar-refractivity contribution in [3.8, 4) is 0 Å². The number of aryl methyl sites for hydroxylation is 1. The zero-order valence-corrected chi connectivity index (χ0v) is 13.0. The van der Waals surface area contributed by atoms with Crippen LogP contribution < -0.4 is 16.2 Å². The maximum Gasteiger partial charge on any atom is 0.324 e. The zero-order valence-electron chi connectivity index (χ0n) is 12.2. The normalized spacial score (nSPS) is 10.5. The molecule has 0 aliphatic carbocycles. The summed E-state index contributed by atoms with van der Waals surface area (Å²) in [6.45, 7) is 0. The maximum atomic E-state index is 12.1. The average molecular weight is 329 g/mol. The number of hydrogen-bond acceptors (Lipinski definition) is 3. The number of carbonyl (C=O) groups is 1. The largest absolute Gasteiger partial charge is 0.324 e. The van der Waals surface area contributed by atoms with Crippen LogP contribution in [0.4, 0.5) is 16.3 Å². The number of pyridine rings is 2. The molecular formula is C16H13ClN4O2. The number of rotatable bonds is 2. The molecule has 0 aliphatic heterocycles. The second-order valence-corrected chi connectivity index (χ2v) is 5.38. The molecule has 0 saturated carbocycles. The molecule has 2 amide bonds. The minimum atomic E-state index is -0.455. The Labute approximate surface area is 136 Å². The molecule has 0 radical (unpaired) electrons. The van der Waals surface area contributed by atoms with E-state index in [2.05, 4.69) is 15.6 Å². The summed E-state index contributed by atoms with van der Waals surface area (Å²) in [5, 5.41) is 7.04. The van der Waals surface area contributed by atoms with E-state index < -0.39 is 6.03 Å². The topological polar surface area (TPSA) is 76.0 Å². The number of amides is 2. The Hall–Kier alpha value is -2.86. The smallest absolute Gasteiger partial charge is 0.316 e. The molecule has 0 atom stereocenters. The van der Waals surface area contributed by atoms with Gasteiger partial charge in [-0.1, -0.05) is 29.8 Å². The van der Waals surface area contributed by atoms with Crippen molar-refractivity contribution in [3.05, 3.63) is 64.2 Å². The highest BCUT2D eigenvalue weighted by molar-refractivity contribution is 6.30. The standard InChI is InChI=1S/C16H13ClN4O2/c1-21-9-13(11-4-2-3-5-12(11)15(21)22)19-16(23)20-14-7-6-10(17)8-18-14/h2-9H,1H3,(H2,18,19,20,23). The van der Waals surface area contributed by atoms with Crippen LogP contribution in [0.25, 0.3) is 10.8 Å². The minimum absolute atomic E-state index is 0.120. The Morgan fingerprint density at radius 2 is 1.87 bits per heavy atom. The van der Waals surface area contributed by atoms with Gasteiger partial charge in [-0.15, -0.1) is 0 Å². The SMILES string of the molecule is Cn1cc(NC(=O)Nc2ccc(Cl)cn2)c2ccccc2c1=O. The second kappa shape index (κ2) is 6.10. The van der Waals surface area contributed by atoms with Crippen LogP contribution in [0.5, 0.6) is 0 Å². The van der Waals surface area contributed by atoms with Gasteiger partial charge in [0.25, 0.3) is 5.56 Å². The Kier molecular flexibility index (Phi) is 3.99. The number of fused-ring (bicyclic) bond motifs is 1. The van der Waals surface area contributed by atoms with Crippen molar-refractivity contribution < 1.29 is 4.79 Å². The lowest BCUT2D eigenvalue weighted by Crippen LogP contribution is -2.23. The van der Waals surface area contributed by atoms with E-state index in [-0.39, 0.29) is 5.56 Å². The first-order chi connectivity index (χ1) is 11.0. The number of carbonyl (C=O) groups excluding carboxylic acids is 1. The lowest BCUT2D eigenvalue weighted by atomic mass is 10.1. The fourth-order valence-corrected chi connectivity index (χ4v) is 2.35. The minimum Gasteiger partial charge on any atom is -0.316 e. The van der Waals surface area contributed by atoms with Crippen LogP contribution in [0.3, 0.4) is 0 Å². The van der Waals surface area contributed by atoms with Gasteiger partial charge in [0.1, 0.15) is 5.82 Å². The molecule has 2 heterocycles. The quantitative estimate of drug-likeness (QED) is 0.758. The molecule has 23 heavy (non-hydrogen) atoms. The summed E-state index contributed by atoms with van der Waals surface area (Å²) in [4.78, 5) is 28.2. The Balaban J connectivity index is 1.89. The van der Waals surface area contributed by atoms with Crippen LogP contribution in [0.15, 0.2) is 53.6 Å². The number of anilines is 2. The third kappa shape index (κ3) is 3.17. The van der Waals surface area contributed by atoms with Gasteiger partial charge in [0.2, 0.25) is 0 Å². The van der Waals surface area contributed by atoms with Gasteiger partial charge in [0.15, 0.2) is 0 Å². The van der Waals surface area contributed by atoms with Crippen LogP contribution >= 0.6 is 11.6 Å². The third-order valence-corrected chi connectivity index (χ3v) is 3.53. The summed E-state index contributed by atoms with van der Waals surface area (Å²) in [6, 6.07) is 9.88. The molecule has 2 N–H and O–H groups in total. The second-order valence-electron chi connectivity index (χ2n) is 4.95. The molecule has 0 spiro atoms. The summed E-state index contributed by atoms with van der Waals surface area (Å²) in [5.41, 5.74) is 0.417. The number of nitrogens with one attached hydrogen (secondary N) is 2. The molecule has 0 aliphatic rings. The Bertz CT molecular complexity index is 935. The van der Waals surface area contributed by atoms with E-state index in [1.165, 1.54) is 10.8 Å². The van der Waals surface area contributed by atoms with Crippen LogP contribution in [0.1, 0.15) is 0 Å². The van der Waals surface area contributed by atoms with Gasteiger partial charge in [-0.3, -0.25) is 10.1 Å². The fraction of sp³-hybridized carbons (Fsp3) is 0.0625. The van der Waals surface area contributed by atoms with E-state index in [1.807, 2.05) is 6.07 Å². The van der Waals surface area contributed by atoms with Crippen molar-refractivity contribution in [2.24, 2.45) is 7.05 Å². The Morgan fingerprint density at radius 3 is 2.57 bits per heavy atom. The lowest BCUT2D eigenvalue weighted by Gasteiger charge is -2.11. The molecule has 3 rings (SSSR count). The van der Waals surface area contributed by atoms with Crippen molar-refractivity contribution >= 4 is 39.9 Å². The van der Waals surface area contributed by atoms with E-state index >= 15 is 0 Å². The van der Waals surface area contributed by atoms with Crippen LogP contribution in [-0.4, -0.2) is 15.6 Å². The highest BCUT2D eigenvalue weighted by atomic mass is 35.5. The average Bonchev–Trinajstić information content (AvgIpc) is 2.54. The van der Waals surface area contributed by atoms with Crippen molar-refractivity contribution in [1.29, 1.82) is 0 Å². The summed E-state index contributed by atoms with van der Waals surface area (Å²) >= 11 is 5.75. The monoisotopic (exact) mass is 328 g/mol. The summed E-state index contributed by atoms with van der Waals surface area (Å²) in [7, 11) is 1.64. The maximum absolute atomic E-state index is 12.1. The predicted octanol–water partition coefficient (Wildman–Crippen LogP) is 3.23. The van der Waals surface area contributed by atoms with E-state index in [0.717, 1.165) is 0 Å². The molecule has 1 aromatic carbocycles. The number of benzene rings is 1. The van der Waals surface area contributed by atoms with Crippen LogP contribution in [0.2, 0.25) is 5.02 Å². The van der Waals surface area contributed by atoms with Gasteiger partial charge in [0, 0.05) is 30.2 Å². The molecule has 0 bridgehead atoms. The highest BCUT2D eigenvalue weighted by Gasteiger charge is 2.10. The van der Waals surface area contributed by atoms with Gasteiger partial charge in [0.05, 0.1) is 10.7 Å². The summed E-state index contributed by atoms with van der Waals surface area (Å²) < 4.78 is 1.43. The van der Waals surface area contributed by atoms with Gasteiger partial charge < -0.3 is 9.88 Å². The van der Waals surface area contributed by atoms with E-state index in [0.29, 0.717) is 27.3 Å². The Morgan fingerprint density at radius 1 is 1.13 bits per heavy atom. The van der Waals surface area contributed by atoms with Crippen molar-refractivity contribution in [2.75, 3.05) is 10.6 Å². The van der Waals surface area contributed by atoms with E-state index in [1.54, 1.807) is 43.6 Å². The molecular weight excluding hydrogens is 316 g/mol. The van der Waals surface area contributed by atoms with Crippen molar-refractivity contribution in [1.82, 2.24) is 9.55 Å². The van der Waals surface area contributed by atoms with Gasteiger partial charge in [-0.25, -0.2) is 9.78 Å². The van der Waals surface area contributed by atoms with Crippen LogP contribution in [0, 0.1) is 0 Å². The van der Waals surface area contributed by atoms with Gasteiger partial charge in [-0.2, -0.15) is 0 Å². The molecule has 7 heteroatoms. The van der Waals surface area contributed by atoms with Crippen LogP contribution in [-0.2, 0) is 7.05 Å².